The molecule has 0 amide bonds. The van der Waals surface area contributed by atoms with Crippen molar-refractivity contribution in [2.45, 2.75) is 26.3 Å². The average Bonchev–Trinajstić information content (AvgIpc) is 2.55. The first-order valence-corrected chi connectivity index (χ1v) is 5.44. The second-order valence-corrected chi connectivity index (χ2v) is 4.11. The molecular formula is C11H14ClN3. The molecule has 80 valence electrons. The van der Waals surface area contributed by atoms with Crippen molar-refractivity contribution >= 4 is 28.6 Å². The van der Waals surface area contributed by atoms with Crippen LogP contribution in [-0.2, 0) is 0 Å². The lowest BCUT2D eigenvalue weighted by Crippen LogP contribution is -2.07. The molecule has 0 radical (unpaired) electrons. The molecule has 0 fully saturated rings. The van der Waals surface area contributed by atoms with Crippen LogP contribution in [0.5, 0.6) is 0 Å². The number of halogens is 1. The summed E-state index contributed by atoms with van der Waals surface area (Å²) in [5.41, 5.74) is 7.69. The van der Waals surface area contributed by atoms with Gasteiger partial charge in [0, 0.05) is 6.04 Å². The first-order valence-electron chi connectivity index (χ1n) is 5.07. The van der Waals surface area contributed by atoms with Gasteiger partial charge in [0.1, 0.15) is 0 Å². The first kappa shape index (κ1) is 10.3. The zero-order valence-corrected chi connectivity index (χ0v) is 9.62. The van der Waals surface area contributed by atoms with Crippen molar-refractivity contribution in [3.63, 3.8) is 0 Å². The molecule has 0 aliphatic heterocycles. The molecule has 2 N–H and O–H groups in total. The van der Waals surface area contributed by atoms with Crippen LogP contribution < -0.4 is 5.73 Å². The lowest BCUT2D eigenvalue weighted by Gasteiger charge is -2.14. The number of rotatable bonds is 2. The van der Waals surface area contributed by atoms with Crippen molar-refractivity contribution in [1.82, 2.24) is 9.55 Å². The third kappa shape index (κ3) is 1.57. The number of nitrogen functional groups attached to an aromatic ring is 1. The van der Waals surface area contributed by atoms with Gasteiger partial charge in [0.2, 0.25) is 5.95 Å². The summed E-state index contributed by atoms with van der Waals surface area (Å²) in [4.78, 5) is 4.30. The number of anilines is 1. The molecule has 3 nitrogen and oxygen atoms in total. The third-order valence-corrected chi connectivity index (χ3v) is 3.02. The summed E-state index contributed by atoms with van der Waals surface area (Å²) < 4.78 is 2.00. The number of fused-ring (bicyclic) bond motifs is 1. The van der Waals surface area contributed by atoms with E-state index in [0.717, 1.165) is 17.5 Å². The minimum absolute atomic E-state index is 0.315. The van der Waals surface area contributed by atoms with Crippen LogP contribution in [0, 0.1) is 0 Å². The predicted molar refractivity (Wildman–Crippen MR) is 64.2 cm³/mol. The minimum atomic E-state index is 0.315. The smallest absolute Gasteiger partial charge is 0.201 e. The predicted octanol–water partition coefficient (Wildman–Crippen LogP) is 3.24. The molecule has 0 bridgehead atoms. The summed E-state index contributed by atoms with van der Waals surface area (Å²) in [6, 6.07) is 5.99. The van der Waals surface area contributed by atoms with Gasteiger partial charge in [-0.1, -0.05) is 24.6 Å². The van der Waals surface area contributed by atoms with E-state index in [9.17, 15) is 0 Å². The monoisotopic (exact) mass is 223 g/mol. The van der Waals surface area contributed by atoms with Crippen molar-refractivity contribution < 1.29 is 0 Å². The Hall–Kier alpha value is -1.22. The van der Waals surface area contributed by atoms with Crippen LogP contribution in [0.1, 0.15) is 26.3 Å². The number of benzene rings is 1. The van der Waals surface area contributed by atoms with Crippen molar-refractivity contribution in [3.8, 4) is 0 Å². The van der Waals surface area contributed by atoms with Crippen LogP contribution in [-0.4, -0.2) is 9.55 Å². The maximum atomic E-state index is 6.16. The average molecular weight is 224 g/mol. The van der Waals surface area contributed by atoms with Crippen LogP contribution in [0.25, 0.3) is 11.0 Å². The van der Waals surface area contributed by atoms with Crippen LogP contribution in [0.4, 0.5) is 5.95 Å². The second-order valence-electron chi connectivity index (χ2n) is 3.70. The van der Waals surface area contributed by atoms with E-state index in [-0.39, 0.29) is 0 Å². The Morgan fingerprint density at radius 2 is 2.27 bits per heavy atom. The molecule has 0 aliphatic carbocycles. The molecule has 4 heteroatoms. The van der Waals surface area contributed by atoms with E-state index < -0.39 is 0 Å². The largest absolute Gasteiger partial charge is 0.369 e. The second kappa shape index (κ2) is 3.74. The summed E-state index contributed by atoms with van der Waals surface area (Å²) in [7, 11) is 0. The molecule has 15 heavy (non-hydrogen) atoms. The summed E-state index contributed by atoms with van der Waals surface area (Å²) in [6.07, 6.45) is 1.00. The molecule has 1 aromatic carbocycles. The zero-order chi connectivity index (χ0) is 11.0. The Morgan fingerprint density at radius 3 is 2.93 bits per heavy atom. The van der Waals surface area contributed by atoms with Crippen LogP contribution in [0.2, 0.25) is 5.02 Å². The van der Waals surface area contributed by atoms with Crippen LogP contribution in [0.15, 0.2) is 18.2 Å². The highest BCUT2D eigenvalue weighted by atomic mass is 35.5. The van der Waals surface area contributed by atoms with Gasteiger partial charge >= 0.3 is 0 Å². The van der Waals surface area contributed by atoms with E-state index in [1.54, 1.807) is 0 Å². The SMILES string of the molecule is CCC(C)n1c(N)nc2cccc(Cl)c21. The Morgan fingerprint density at radius 1 is 1.53 bits per heavy atom. The standard InChI is InChI=1S/C11H14ClN3/c1-3-7(2)15-10-8(12)5-4-6-9(10)14-11(15)13/h4-7H,3H2,1-2H3,(H2,13,14). The molecule has 1 aromatic heterocycles. The number of hydrogen-bond donors (Lipinski definition) is 1. The molecule has 0 spiro atoms. The van der Waals surface area contributed by atoms with Crippen LogP contribution >= 0.6 is 11.6 Å². The zero-order valence-electron chi connectivity index (χ0n) is 8.87. The number of imidazole rings is 1. The highest BCUT2D eigenvalue weighted by molar-refractivity contribution is 6.35. The van der Waals surface area contributed by atoms with Gasteiger partial charge in [-0.05, 0) is 25.5 Å². The number of hydrogen-bond acceptors (Lipinski definition) is 2. The van der Waals surface area contributed by atoms with Gasteiger partial charge in [-0.15, -0.1) is 0 Å². The van der Waals surface area contributed by atoms with Gasteiger partial charge in [0.15, 0.2) is 0 Å². The summed E-state index contributed by atoms with van der Waals surface area (Å²) >= 11 is 6.16. The molecule has 0 aliphatic rings. The molecule has 1 heterocycles. The number of nitrogens with two attached hydrogens (primary N) is 1. The van der Waals surface area contributed by atoms with E-state index in [1.165, 1.54) is 0 Å². The lowest BCUT2D eigenvalue weighted by molar-refractivity contribution is 0.552. The quantitative estimate of drug-likeness (QED) is 0.850. The van der Waals surface area contributed by atoms with Crippen LogP contribution in [0.3, 0.4) is 0 Å². The number of para-hydroxylation sites is 1. The van der Waals surface area contributed by atoms with E-state index >= 15 is 0 Å². The molecule has 0 saturated carbocycles. The molecule has 2 aromatic rings. The first-order chi connectivity index (χ1) is 7.15. The highest BCUT2D eigenvalue weighted by Crippen LogP contribution is 2.29. The number of aromatic nitrogens is 2. The Labute approximate surface area is 93.9 Å². The topological polar surface area (TPSA) is 43.8 Å². The summed E-state index contributed by atoms with van der Waals surface area (Å²) in [5, 5.41) is 0.706. The Bertz CT molecular complexity index is 490. The fraction of sp³-hybridized carbons (Fsp3) is 0.364. The molecule has 1 unspecified atom stereocenters. The Balaban J connectivity index is 2.76. The van der Waals surface area contributed by atoms with Gasteiger partial charge in [-0.3, -0.25) is 0 Å². The molecule has 0 saturated heterocycles. The molecule has 1 atom stereocenters. The fourth-order valence-corrected chi connectivity index (χ4v) is 2.01. The van der Waals surface area contributed by atoms with Gasteiger partial charge < -0.3 is 10.3 Å². The van der Waals surface area contributed by atoms with Gasteiger partial charge in [0.05, 0.1) is 16.1 Å². The van der Waals surface area contributed by atoms with Crippen molar-refractivity contribution in [2.75, 3.05) is 5.73 Å². The van der Waals surface area contributed by atoms with Gasteiger partial charge in [0.25, 0.3) is 0 Å². The normalized spacial score (nSPS) is 13.3. The minimum Gasteiger partial charge on any atom is -0.369 e. The maximum absolute atomic E-state index is 6.16. The number of nitrogens with zero attached hydrogens (tertiary/aromatic N) is 2. The summed E-state index contributed by atoms with van der Waals surface area (Å²) in [5.74, 6) is 0.535. The Kier molecular flexibility index (Phi) is 2.57. The maximum Gasteiger partial charge on any atom is 0.201 e. The highest BCUT2D eigenvalue weighted by Gasteiger charge is 2.14. The van der Waals surface area contributed by atoms with E-state index in [4.69, 9.17) is 17.3 Å². The third-order valence-electron chi connectivity index (χ3n) is 2.72. The van der Waals surface area contributed by atoms with Gasteiger partial charge in [-0.25, -0.2) is 4.98 Å². The molecular weight excluding hydrogens is 210 g/mol. The van der Waals surface area contributed by atoms with Crippen molar-refractivity contribution in [1.29, 1.82) is 0 Å². The molecule has 2 rings (SSSR count). The lowest BCUT2D eigenvalue weighted by atomic mass is 10.2. The van der Waals surface area contributed by atoms with Crippen molar-refractivity contribution in [3.05, 3.63) is 23.2 Å². The fourth-order valence-electron chi connectivity index (χ4n) is 1.75. The van der Waals surface area contributed by atoms with E-state index in [0.29, 0.717) is 17.0 Å². The van der Waals surface area contributed by atoms with E-state index in [1.807, 2.05) is 22.8 Å². The van der Waals surface area contributed by atoms with Gasteiger partial charge in [-0.2, -0.15) is 0 Å². The van der Waals surface area contributed by atoms with Crippen molar-refractivity contribution in [2.24, 2.45) is 0 Å². The van der Waals surface area contributed by atoms with E-state index in [2.05, 4.69) is 18.8 Å². The summed E-state index contributed by atoms with van der Waals surface area (Å²) in [6.45, 7) is 4.23.